The Balaban J connectivity index is 1.57. The average Bonchev–Trinajstić information content (AvgIpc) is 3.27. The molecule has 0 aliphatic carbocycles. The molecule has 37 heavy (non-hydrogen) atoms. The van der Waals surface area contributed by atoms with Gasteiger partial charge in [0.1, 0.15) is 5.82 Å². The van der Waals surface area contributed by atoms with E-state index >= 15 is 4.39 Å². The van der Waals surface area contributed by atoms with Gasteiger partial charge in [-0.2, -0.15) is 4.98 Å². The predicted molar refractivity (Wildman–Crippen MR) is 141 cm³/mol. The van der Waals surface area contributed by atoms with E-state index in [0.717, 1.165) is 31.0 Å². The molecule has 2 aliphatic rings. The maximum Gasteiger partial charge on any atom is 0.231 e. The van der Waals surface area contributed by atoms with Crippen molar-refractivity contribution in [2.45, 2.75) is 55.6 Å². The summed E-state index contributed by atoms with van der Waals surface area (Å²) in [6.45, 7) is 5.89. The highest BCUT2D eigenvalue weighted by Gasteiger charge is 2.41. The summed E-state index contributed by atoms with van der Waals surface area (Å²) >= 11 is 6.03. The van der Waals surface area contributed by atoms with E-state index < -0.39 is 21.7 Å². The lowest BCUT2D eigenvalue weighted by molar-refractivity contribution is 0.0678. The van der Waals surface area contributed by atoms with Crippen LogP contribution in [0.15, 0.2) is 45.8 Å². The zero-order valence-electron chi connectivity index (χ0n) is 21.1. The van der Waals surface area contributed by atoms with Gasteiger partial charge in [0.05, 0.1) is 27.8 Å². The Kier molecular flexibility index (Phi) is 6.81. The molecule has 3 heterocycles. The number of halogens is 2. The van der Waals surface area contributed by atoms with Gasteiger partial charge in [-0.25, -0.2) is 12.8 Å². The van der Waals surface area contributed by atoms with Crippen LogP contribution in [0.5, 0.6) is 0 Å². The topological polar surface area (TPSA) is 106 Å². The Hall–Kier alpha value is -2.53. The van der Waals surface area contributed by atoms with Gasteiger partial charge in [-0.05, 0) is 70.1 Å². The lowest BCUT2D eigenvalue weighted by Crippen LogP contribution is -2.49. The van der Waals surface area contributed by atoms with Crippen LogP contribution in [-0.2, 0) is 16.4 Å². The van der Waals surface area contributed by atoms with Crippen LogP contribution in [0.3, 0.4) is 0 Å². The van der Waals surface area contributed by atoms with E-state index in [9.17, 15) is 8.42 Å². The van der Waals surface area contributed by atoms with Crippen molar-refractivity contribution in [3.05, 3.63) is 58.7 Å². The number of likely N-dealkylation sites (tertiary alicyclic amines) is 1. The second-order valence-corrected chi connectivity index (χ2v) is 13.0. The first-order valence-corrected chi connectivity index (χ1v) is 14.4. The van der Waals surface area contributed by atoms with Crippen molar-refractivity contribution in [1.82, 2.24) is 15.0 Å². The van der Waals surface area contributed by atoms with Crippen LogP contribution in [-0.4, -0.2) is 60.9 Å². The van der Waals surface area contributed by atoms with E-state index in [4.69, 9.17) is 21.9 Å². The first kappa shape index (κ1) is 26.1. The average molecular weight is 548 g/mol. The van der Waals surface area contributed by atoms with Crippen molar-refractivity contribution in [3.8, 4) is 11.4 Å². The molecule has 1 unspecified atom stereocenters. The van der Waals surface area contributed by atoms with Gasteiger partial charge in [0.2, 0.25) is 11.7 Å². The maximum absolute atomic E-state index is 15.4. The molecule has 1 fully saturated rings. The Morgan fingerprint density at radius 3 is 2.70 bits per heavy atom. The molecule has 2 atom stereocenters. The standard InChI is InChI=1S/C26H31ClFN5O3S/c1-26(2)20(5-4-10-32(26)3)25-30-24(31-36-25)19-11-22-23(12-21(19)28)37(34,35)15-18(29)14-33(22)13-16-6-8-17(27)9-7-16/h6-9,11-12,18,20H,4-5,10,13-15,29H2,1-3H3/t18-,20?/m1/s1. The molecule has 198 valence electrons. The SMILES string of the molecule is CN1CCCC(c2nc(-c3cc4c(cc3F)S(=O)(=O)C[C@H](N)CN4Cc3ccc(Cl)cc3)no2)C1(C)C. The van der Waals surface area contributed by atoms with Crippen molar-refractivity contribution in [3.63, 3.8) is 0 Å². The minimum absolute atomic E-state index is 0.00355. The normalized spacial score (nSPS) is 23.5. The molecule has 0 bridgehead atoms. The summed E-state index contributed by atoms with van der Waals surface area (Å²) in [6.07, 6.45) is 1.88. The minimum atomic E-state index is -3.81. The number of nitrogens with zero attached hydrogens (tertiary/aromatic N) is 4. The van der Waals surface area contributed by atoms with Crippen LogP contribution < -0.4 is 10.6 Å². The molecule has 2 aromatic carbocycles. The third-order valence-electron chi connectivity index (χ3n) is 7.70. The number of hydrogen-bond donors (Lipinski definition) is 1. The van der Waals surface area contributed by atoms with E-state index in [0.29, 0.717) is 23.1 Å². The second-order valence-electron chi connectivity index (χ2n) is 10.6. The first-order valence-electron chi connectivity index (χ1n) is 12.3. The lowest BCUT2D eigenvalue weighted by atomic mass is 9.79. The van der Waals surface area contributed by atoms with E-state index in [1.807, 2.05) is 17.0 Å². The number of anilines is 1. The highest BCUT2D eigenvalue weighted by molar-refractivity contribution is 7.91. The molecular weight excluding hydrogens is 517 g/mol. The fraction of sp³-hybridized carbons (Fsp3) is 0.462. The number of benzene rings is 2. The number of aromatic nitrogens is 2. The van der Waals surface area contributed by atoms with Crippen molar-refractivity contribution in [2.75, 3.05) is 30.8 Å². The Morgan fingerprint density at radius 2 is 1.97 bits per heavy atom. The Labute approximate surface area is 221 Å². The summed E-state index contributed by atoms with van der Waals surface area (Å²) in [5.41, 5.74) is 7.35. The van der Waals surface area contributed by atoms with Gasteiger partial charge in [-0.3, -0.25) is 0 Å². The summed E-state index contributed by atoms with van der Waals surface area (Å²) in [5.74, 6) is -0.454. The third kappa shape index (κ3) is 4.99. The number of rotatable bonds is 4. The zero-order valence-corrected chi connectivity index (χ0v) is 22.7. The van der Waals surface area contributed by atoms with Crippen LogP contribution in [0, 0.1) is 5.82 Å². The fourth-order valence-corrected chi connectivity index (χ4v) is 7.09. The quantitative estimate of drug-likeness (QED) is 0.517. The smallest absolute Gasteiger partial charge is 0.231 e. The number of piperidine rings is 1. The van der Waals surface area contributed by atoms with Crippen LogP contribution in [0.1, 0.15) is 44.1 Å². The number of likely N-dealkylation sites (N-methyl/N-ethyl adjacent to an activating group) is 1. The second kappa shape index (κ2) is 9.65. The van der Waals surface area contributed by atoms with Gasteiger partial charge >= 0.3 is 0 Å². The Morgan fingerprint density at radius 1 is 1.24 bits per heavy atom. The first-order chi connectivity index (χ1) is 17.5. The molecule has 11 heteroatoms. The zero-order chi connectivity index (χ0) is 26.5. The molecular formula is C26H31ClFN5O3S. The van der Waals surface area contributed by atoms with Gasteiger partial charge in [0, 0.05) is 29.7 Å². The van der Waals surface area contributed by atoms with Gasteiger partial charge in [0.15, 0.2) is 9.84 Å². The van der Waals surface area contributed by atoms with Gasteiger partial charge in [0.25, 0.3) is 0 Å². The molecule has 1 aromatic heterocycles. The lowest BCUT2D eigenvalue weighted by Gasteiger charge is -2.44. The molecule has 3 aromatic rings. The van der Waals surface area contributed by atoms with Gasteiger partial charge in [-0.15, -0.1) is 0 Å². The van der Waals surface area contributed by atoms with Crippen LogP contribution in [0.2, 0.25) is 5.02 Å². The van der Waals surface area contributed by atoms with Crippen molar-refractivity contribution in [1.29, 1.82) is 0 Å². The summed E-state index contributed by atoms with van der Waals surface area (Å²) in [7, 11) is -1.75. The summed E-state index contributed by atoms with van der Waals surface area (Å²) in [4.78, 5) is 8.62. The van der Waals surface area contributed by atoms with E-state index in [-0.39, 0.29) is 40.0 Å². The summed E-state index contributed by atoms with van der Waals surface area (Å²) < 4.78 is 47.3. The largest absolute Gasteiger partial charge is 0.365 e. The van der Waals surface area contributed by atoms with Crippen molar-refractivity contribution in [2.24, 2.45) is 5.73 Å². The molecule has 0 radical (unpaired) electrons. The van der Waals surface area contributed by atoms with Crippen molar-refractivity contribution < 1.29 is 17.3 Å². The number of nitrogens with two attached hydrogens (primary N) is 1. The summed E-state index contributed by atoms with van der Waals surface area (Å²) in [6, 6.07) is 9.20. The third-order valence-corrected chi connectivity index (χ3v) is 9.82. The number of sulfone groups is 1. The Bertz CT molecular complexity index is 1410. The number of fused-ring (bicyclic) bond motifs is 1. The van der Waals surface area contributed by atoms with Crippen LogP contribution in [0.25, 0.3) is 11.4 Å². The molecule has 2 aliphatic heterocycles. The summed E-state index contributed by atoms with van der Waals surface area (Å²) in [5, 5.41) is 4.70. The van der Waals surface area contributed by atoms with Crippen LogP contribution >= 0.6 is 11.6 Å². The molecule has 5 rings (SSSR count). The molecule has 0 spiro atoms. The van der Waals surface area contributed by atoms with E-state index in [2.05, 4.69) is 35.9 Å². The molecule has 2 N–H and O–H groups in total. The molecule has 0 amide bonds. The van der Waals surface area contributed by atoms with Crippen LogP contribution in [0.4, 0.5) is 10.1 Å². The van der Waals surface area contributed by atoms with Gasteiger partial charge < -0.3 is 20.1 Å². The molecule has 0 saturated carbocycles. The molecule has 8 nitrogen and oxygen atoms in total. The maximum atomic E-state index is 15.4. The highest BCUT2D eigenvalue weighted by atomic mass is 35.5. The van der Waals surface area contributed by atoms with E-state index in [1.165, 1.54) is 6.07 Å². The van der Waals surface area contributed by atoms with Gasteiger partial charge in [-0.1, -0.05) is 28.9 Å². The van der Waals surface area contributed by atoms with E-state index in [1.54, 1.807) is 12.1 Å². The van der Waals surface area contributed by atoms with Crippen molar-refractivity contribution >= 4 is 27.1 Å². The predicted octanol–water partition coefficient (Wildman–Crippen LogP) is 4.24. The monoisotopic (exact) mass is 547 g/mol. The number of hydrogen-bond acceptors (Lipinski definition) is 8. The fourth-order valence-electron chi connectivity index (χ4n) is 5.33. The highest BCUT2D eigenvalue weighted by Crippen LogP contribution is 2.41. The minimum Gasteiger partial charge on any atom is -0.365 e. The molecule has 1 saturated heterocycles.